The van der Waals surface area contributed by atoms with Gasteiger partial charge in [-0.05, 0) is 32.4 Å². The van der Waals surface area contributed by atoms with Crippen LogP contribution in [0.1, 0.15) is 23.5 Å². The lowest BCUT2D eigenvalue weighted by molar-refractivity contribution is 0.648. The standard InChI is InChI=1S/C12H15N3S.ClH/c1-8-4-6-10(7-5-8)11-14-12(16-15-11)9(2)13-3;/h4-7,9,13H,1-3H3;1H. The van der Waals surface area contributed by atoms with E-state index in [2.05, 4.69) is 52.8 Å². The van der Waals surface area contributed by atoms with Crippen LogP contribution in [0, 0.1) is 6.92 Å². The van der Waals surface area contributed by atoms with Crippen LogP contribution in [-0.2, 0) is 0 Å². The predicted octanol–water partition coefficient (Wildman–Crippen LogP) is 3.22. The Morgan fingerprint density at radius 1 is 1.24 bits per heavy atom. The topological polar surface area (TPSA) is 37.8 Å². The zero-order valence-corrected chi connectivity index (χ0v) is 11.7. The molecule has 0 aliphatic carbocycles. The van der Waals surface area contributed by atoms with Crippen LogP contribution < -0.4 is 5.32 Å². The number of benzene rings is 1. The Bertz CT molecular complexity index is 467. The fourth-order valence-electron chi connectivity index (χ4n) is 1.35. The van der Waals surface area contributed by atoms with Gasteiger partial charge in [-0.25, -0.2) is 4.98 Å². The van der Waals surface area contributed by atoms with Crippen molar-refractivity contribution in [3.05, 3.63) is 34.8 Å². The van der Waals surface area contributed by atoms with Crippen LogP contribution in [0.5, 0.6) is 0 Å². The molecule has 0 amide bonds. The molecule has 1 aromatic carbocycles. The van der Waals surface area contributed by atoms with E-state index in [1.165, 1.54) is 17.1 Å². The maximum Gasteiger partial charge on any atom is 0.173 e. The van der Waals surface area contributed by atoms with Gasteiger partial charge < -0.3 is 5.32 Å². The molecule has 0 saturated heterocycles. The molecule has 0 saturated carbocycles. The number of aryl methyl sites for hydroxylation is 1. The molecular weight excluding hydrogens is 254 g/mol. The zero-order chi connectivity index (χ0) is 11.5. The average Bonchev–Trinajstić information content (AvgIpc) is 2.78. The summed E-state index contributed by atoms with van der Waals surface area (Å²) in [5.74, 6) is 0.821. The quantitative estimate of drug-likeness (QED) is 0.930. The lowest BCUT2D eigenvalue weighted by Crippen LogP contribution is -2.11. The summed E-state index contributed by atoms with van der Waals surface area (Å²) in [5, 5.41) is 4.19. The average molecular weight is 270 g/mol. The molecule has 2 aromatic rings. The first-order valence-corrected chi connectivity index (χ1v) is 6.06. The van der Waals surface area contributed by atoms with Crippen LogP contribution >= 0.6 is 23.9 Å². The molecule has 3 nitrogen and oxygen atoms in total. The van der Waals surface area contributed by atoms with Crippen molar-refractivity contribution in [2.45, 2.75) is 19.9 Å². The first kappa shape index (κ1) is 14.1. The number of aromatic nitrogens is 2. The summed E-state index contributed by atoms with van der Waals surface area (Å²) in [4.78, 5) is 4.53. The third-order valence-electron chi connectivity index (χ3n) is 2.55. The number of rotatable bonds is 3. The van der Waals surface area contributed by atoms with Crippen LogP contribution in [0.4, 0.5) is 0 Å². The minimum absolute atomic E-state index is 0. The van der Waals surface area contributed by atoms with E-state index in [9.17, 15) is 0 Å². The maximum atomic E-state index is 4.53. The van der Waals surface area contributed by atoms with Crippen molar-refractivity contribution >= 4 is 23.9 Å². The van der Waals surface area contributed by atoms with E-state index < -0.39 is 0 Å². The van der Waals surface area contributed by atoms with Crippen molar-refractivity contribution in [1.29, 1.82) is 0 Å². The highest BCUT2D eigenvalue weighted by Gasteiger charge is 2.10. The summed E-state index contributed by atoms with van der Waals surface area (Å²) in [6.45, 7) is 4.16. The molecule has 0 aliphatic rings. The predicted molar refractivity (Wildman–Crippen MR) is 74.8 cm³/mol. The Hall–Kier alpha value is -0.970. The maximum absolute atomic E-state index is 4.53. The monoisotopic (exact) mass is 269 g/mol. The van der Waals surface area contributed by atoms with Gasteiger partial charge in [-0.1, -0.05) is 29.8 Å². The van der Waals surface area contributed by atoms with Gasteiger partial charge in [0.05, 0.1) is 6.04 Å². The van der Waals surface area contributed by atoms with Gasteiger partial charge in [-0.3, -0.25) is 0 Å². The molecule has 5 heteroatoms. The van der Waals surface area contributed by atoms with Crippen LogP contribution in [0.15, 0.2) is 24.3 Å². The molecule has 1 unspecified atom stereocenters. The normalized spacial score (nSPS) is 11.9. The van der Waals surface area contributed by atoms with Gasteiger partial charge in [0.1, 0.15) is 5.01 Å². The lowest BCUT2D eigenvalue weighted by atomic mass is 10.1. The zero-order valence-electron chi connectivity index (χ0n) is 10.1. The van der Waals surface area contributed by atoms with Crippen molar-refractivity contribution < 1.29 is 0 Å². The van der Waals surface area contributed by atoms with Crippen molar-refractivity contribution in [3.63, 3.8) is 0 Å². The van der Waals surface area contributed by atoms with Crippen LogP contribution in [0.3, 0.4) is 0 Å². The first-order chi connectivity index (χ1) is 7.70. The summed E-state index contributed by atoms with van der Waals surface area (Å²) in [7, 11) is 1.93. The number of hydrogen-bond acceptors (Lipinski definition) is 4. The van der Waals surface area contributed by atoms with Crippen LogP contribution in [0.25, 0.3) is 11.4 Å². The third-order valence-corrected chi connectivity index (χ3v) is 3.45. The second-order valence-electron chi connectivity index (χ2n) is 3.83. The highest BCUT2D eigenvalue weighted by Crippen LogP contribution is 2.21. The molecule has 92 valence electrons. The largest absolute Gasteiger partial charge is 0.311 e. The number of hydrogen-bond donors (Lipinski definition) is 1. The minimum atomic E-state index is 0. The lowest BCUT2D eigenvalue weighted by Gasteiger charge is -2.03. The molecule has 1 aromatic heterocycles. The van der Waals surface area contributed by atoms with Gasteiger partial charge in [0.2, 0.25) is 0 Å². The molecule has 0 spiro atoms. The molecule has 0 radical (unpaired) electrons. The SMILES string of the molecule is CNC(C)c1nc(-c2ccc(C)cc2)ns1.Cl. The fraction of sp³-hybridized carbons (Fsp3) is 0.333. The minimum Gasteiger partial charge on any atom is -0.311 e. The molecule has 0 fully saturated rings. The molecule has 1 atom stereocenters. The van der Waals surface area contributed by atoms with Crippen LogP contribution in [0.2, 0.25) is 0 Å². The van der Waals surface area contributed by atoms with Gasteiger partial charge >= 0.3 is 0 Å². The highest BCUT2D eigenvalue weighted by atomic mass is 35.5. The summed E-state index contributed by atoms with van der Waals surface area (Å²) in [5.41, 5.74) is 2.33. The van der Waals surface area contributed by atoms with E-state index in [-0.39, 0.29) is 18.4 Å². The summed E-state index contributed by atoms with van der Waals surface area (Å²) >= 11 is 1.46. The molecule has 1 heterocycles. The van der Waals surface area contributed by atoms with E-state index in [1.807, 2.05) is 7.05 Å². The fourth-order valence-corrected chi connectivity index (χ4v) is 2.08. The molecule has 1 N–H and O–H groups in total. The molecule has 0 aliphatic heterocycles. The molecule has 2 rings (SSSR count). The summed E-state index contributed by atoms with van der Waals surface area (Å²) in [6, 6.07) is 8.54. The van der Waals surface area contributed by atoms with Gasteiger partial charge in [0.15, 0.2) is 5.82 Å². The van der Waals surface area contributed by atoms with Gasteiger partial charge in [0, 0.05) is 5.56 Å². The summed E-state index contributed by atoms with van der Waals surface area (Å²) < 4.78 is 4.38. The molecule has 17 heavy (non-hydrogen) atoms. The van der Waals surface area contributed by atoms with Crippen molar-refractivity contribution in [3.8, 4) is 11.4 Å². The summed E-state index contributed by atoms with van der Waals surface area (Å²) in [6.07, 6.45) is 0. The van der Waals surface area contributed by atoms with Crippen molar-refractivity contribution in [1.82, 2.24) is 14.7 Å². The van der Waals surface area contributed by atoms with E-state index in [0.717, 1.165) is 16.4 Å². The van der Waals surface area contributed by atoms with Crippen LogP contribution in [-0.4, -0.2) is 16.4 Å². The van der Waals surface area contributed by atoms with Gasteiger partial charge in [-0.2, -0.15) is 4.37 Å². The molecular formula is C12H16ClN3S. The van der Waals surface area contributed by atoms with E-state index >= 15 is 0 Å². The second-order valence-corrected chi connectivity index (χ2v) is 4.62. The van der Waals surface area contributed by atoms with E-state index in [1.54, 1.807) is 0 Å². The molecule has 0 bridgehead atoms. The Kier molecular flexibility index (Phi) is 5.05. The number of nitrogens with one attached hydrogen (secondary N) is 1. The van der Waals surface area contributed by atoms with Crippen molar-refractivity contribution in [2.24, 2.45) is 0 Å². The second kappa shape index (κ2) is 6.10. The first-order valence-electron chi connectivity index (χ1n) is 5.28. The Labute approximate surface area is 112 Å². The van der Waals surface area contributed by atoms with E-state index in [4.69, 9.17) is 0 Å². The number of nitrogens with zero attached hydrogens (tertiary/aromatic N) is 2. The Morgan fingerprint density at radius 3 is 2.47 bits per heavy atom. The Balaban J connectivity index is 0.00000144. The Morgan fingerprint density at radius 2 is 1.88 bits per heavy atom. The highest BCUT2D eigenvalue weighted by molar-refractivity contribution is 7.05. The number of halogens is 1. The van der Waals surface area contributed by atoms with E-state index in [0.29, 0.717) is 0 Å². The smallest absolute Gasteiger partial charge is 0.173 e. The third kappa shape index (κ3) is 3.25. The van der Waals surface area contributed by atoms with Crippen molar-refractivity contribution in [2.75, 3.05) is 7.05 Å². The van der Waals surface area contributed by atoms with Gasteiger partial charge in [0.25, 0.3) is 0 Å². The van der Waals surface area contributed by atoms with Gasteiger partial charge in [-0.15, -0.1) is 12.4 Å².